The summed E-state index contributed by atoms with van der Waals surface area (Å²) in [6, 6.07) is 0. The van der Waals surface area contributed by atoms with Crippen molar-refractivity contribution in [3.63, 3.8) is 0 Å². The second-order valence-corrected chi connectivity index (χ2v) is 4.03. The lowest BCUT2D eigenvalue weighted by Gasteiger charge is -2.47. The van der Waals surface area contributed by atoms with Gasteiger partial charge in [-0.15, -0.1) is 24.8 Å². The van der Waals surface area contributed by atoms with Crippen molar-refractivity contribution >= 4 is 24.8 Å². The molecule has 2 rings (SSSR count). The topological polar surface area (TPSA) is 15.3 Å². The van der Waals surface area contributed by atoms with Gasteiger partial charge in [-0.3, -0.25) is 4.90 Å². The highest BCUT2D eigenvalue weighted by molar-refractivity contribution is 5.85. The van der Waals surface area contributed by atoms with Crippen LogP contribution >= 0.6 is 24.8 Å². The highest BCUT2D eigenvalue weighted by atomic mass is 35.5. The smallest absolute Gasteiger partial charge is 0.0330 e. The lowest BCUT2D eigenvalue weighted by Crippen LogP contribution is -2.56. The van der Waals surface area contributed by atoms with Crippen LogP contribution in [0.3, 0.4) is 0 Å². The molecule has 80 valence electrons. The zero-order valence-corrected chi connectivity index (χ0v) is 9.85. The Morgan fingerprint density at radius 2 is 1.85 bits per heavy atom. The van der Waals surface area contributed by atoms with Crippen LogP contribution in [0.1, 0.15) is 25.7 Å². The fraction of sp³-hybridized carbons (Fsp3) is 1.00. The van der Waals surface area contributed by atoms with Crippen molar-refractivity contribution in [1.82, 2.24) is 10.2 Å². The van der Waals surface area contributed by atoms with E-state index in [2.05, 4.69) is 17.3 Å². The largest absolute Gasteiger partial charge is 0.315 e. The average Bonchev–Trinajstić information content (AvgIpc) is 2.09. The molecule has 1 spiro atoms. The van der Waals surface area contributed by atoms with Crippen molar-refractivity contribution in [3.8, 4) is 0 Å². The van der Waals surface area contributed by atoms with Crippen LogP contribution in [0.2, 0.25) is 0 Å². The number of likely N-dealkylation sites (N-methyl/N-ethyl adjacent to an activating group) is 1. The zero-order valence-electron chi connectivity index (χ0n) is 8.21. The molecule has 0 aromatic rings. The van der Waals surface area contributed by atoms with Gasteiger partial charge in [0, 0.05) is 12.1 Å². The number of nitrogens with one attached hydrogen (secondary N) is 1. The normalized spacial score (nSPS) is 26.5. The van der Waals surface area contributed by atoms with Gasteiger partial charge in [-0.1, -0.05) is 0 Å². The molecule has 1 aliphatic heterocycles. The molecule has 2 aliphatic rings. The van der Waals surface area contributed by atoms with Gasteiger partial charge in [-0.05, 0) is 45.8 Å². The fourth-order valence-corrected chi connectivity index (χ4v) is 2.28. The Bertz CT molecular complexity index is 149. The van der Waals surface area contributed by atoms with E-state index in [1.54, 1.807) is 0 Å². The van der Waals surface area contributed by atoms with E-state index in [1.807, 2.05) is 0 Å². The Morgan fingerprint density at radius 1 is 1.15 bits per heavy atom. The SMILES string of the molecule is CN1CCCNCC12CCC2.Cl.Cl. The lowest BCUT2D eigenvalue weighted by atomic mass is 9.75. The molecule has 1 saturated carbocycles. The summed E-state index contributed by atoms with van der Waals surface area (Å²) in [5.41, 5.74) is 0.566. The molecule has 0 amide bonds. The highest BCUT2D eigenvalue weighted by Crippen LogP contribution is 2.36. The summed E-state index contributed by atoms with van der Waals surface area (Å²) >= 11 is 0. The van der Waals surface area contributed by atoms with Gasteiger partial charge in [0.25, 0.3) is 0 Å². The van der Waals surface area contributed by atoms with E-state index in [4.69, 9.17) is 0 Å². The quantitative estimate of drug-likeness (QED) is 0.677. The van der Waals surface area contributed by atoms with Crippen molar-refractivity contribution < 1.29 is 0 Å². The highest BCUT2D eigenvalue weighted by Gasteiger charge is 2.40. The van der Waals surface area contributed by atoms with Crippen molar-refractivity contribution in [2.45, 2.75) is 31.2 Å². The van der Waals surface area contributed by atoms with Crippen molar-refractivity contribution in [2.24, 2.45) is 0 Å². The Morgan fingerprint density at radius 3 is 2.38 bits per heavy atom. The molecule has 0 atom stereocenters. The van der Waals surface area contributed by atoms with Gasteiger partial charge in [-0.2, -0.15) is 0 Å². The molecule has 1 N–H and O–H groups in total. The third-order valence-corrected chi connectivity index (χ3v) is 3.40. The van der Waals surface area contributed by atoms with Crippen LogP contribution in [0.15, 0.2) is 0 Å². The van der Waals surface area contributed by atoms with E-state index < -0.39 is 0 Å². The molecule has 0 bridgehead atoms. The summed E-state index contributed by atoms with van der Waals surface area (Å²) in [5.74, 6) is 0. The number of halogens is 2. The third-order valence-electron chi connectivity index (χ3n) is 3.40. The molecular formula is C9H20Cl2N2. The van der Waals surface area contributed by atoms with Crippen molar-refractivity contribution in [2.75, 3.05) is 26.7 Å². The van der Waals surface area contributed by atoms with Crippen molar-refractivity contribution in [1.29, 1.82) is 0 Å². The molecule has 1 aliphatic carbocycles. The van der Waals surface area contributed by atoms with Crippen LogP contribution in [-0.4, -0.2) is 37.1 Å². The maximum atomic E-state index is 3.53. The first-order valence-corrected chi connectivity index (χ1v) is 4.75. The zero-order chi connectivity index (χ0) is 7.73. The van der Waals surface area contributed by atoms with Gasteiger partial charge in [0.2, 0.25) is 0 Å². The summed E-state index contributed by atoms with van der Waals surface area (Å²) in [5, 5.41) is 3.53. The van der Waals surface area contributed by atoms with Crippen LogP contribution in [-0.2, 0) is 0 Å². The summed E-state index contributed by atoms with van der Waals surface area (Å²) in [7, 11) is 2.28. The number of hydrogen-bond acceptors (Lipinski definition) is 2. The summed E-state index contributed by atoms with van der Waals surface area (Å²) < 4.78 is 0. The average molecular weight is 227 g/mol. The maximum absolute atomic E-state index is 3.53. The molecule has 1 saturated heterocycles. The standard InChI is InChI=1S/C9H18N2.2ClH/c1-11-7-3-6-10-8-9(11)4-2-5-9;;/h10H,2-8H2,1H3;2*1H. The molecule has 1 heterocycles. The fourth-order valence-electron chi connectivity index (χ4n) is 2.28. The van der Waals surface area contributed by atoms with E-state index in [0.29, 0.717) is 5.54 Å². The van der Waals surface area contributed by atoms with Gasteiger partial charge in [0.15, 0.2) is 0 Å². The Labute approximate surface area is 93.3 Å². The molecule has 0 unspecified atom stereocenters. The molecule has 4 heteroatoms. The molecule has 2 fully saturated rings. The van der Waals surface area contributed by atoms with Gasteiger partial charge in [-0.25, -0.2) is 0 Å². The van der Waals surface area contributed by atoms with Gasteiger partial charge >= 0.3 is 0 Å². The maximum Gasteiger partial charge on any atom is 0.0330 e. The van der Waals surface area contributed by atoms with E-state index in [9.17, 15) is 0 Å². The molecule has 0 aromatic carbocycles. The predicted molar refractivity (Wildman–Crippen MR) is 61.2 cm³/mol. The van der Waals surface area contributed by atoms with E-state index in [-0.39, 0.29) is 24.8 Å². The van der Waals surface area contributed by atoms with Gasteiger partial charge < -0.3 is 5.32 Å². The molecular weight excluding hydrogens is 207 g/mol. The minimum Gasteiger partial charge on any atom is -0.315 e. The van der Waals surface area contributed by atoms with Gasteiger partial charge in [0.05, 0.1) is 0 Å². The van der Waals surface area contributed by atoms with E-state index in [1.165, 1.54) is 45.3 Å². The molecule has 0 aromatic heterocycles. The first kappa shape index (κ1) is 13.5. The predicted octanol–water partition coefficient (Wildman–Crippen LogP) is 1.68. The van der Waals surface area contributed by atoms with Crippen LogP contribution in [0, 0.1) is 0 Å². The van der Waals surface area contributed by atoms with Gasteiger partial charge in [0.1, 0.15) is 0 Å². The second-order valence-electron chi connectivity index (χ2n) is 4.03. The van der Waals surface area contributed by atoms with Crippen molar-refractivity contribution in [3.05, 3.63) is 0 Å². The first-order chi connectivity index (χ1) is 5.33. The Hall–Kier alpha value is 0.500. The monoisotopic (exact) mass is 226 g/mol. The molecule has 13 heavy (non-hydrogen) atoms. The minimum absolute atomic E-state index is 0. The summed E-state index contributed by atoms with van der Waals surface area (Å²) in [6.07, 6.45) is 5.58. The number of rotatable bonds is 0. The number of hydrogen-bond donors (Lipinski definition) is 1. The summed E-state index contributed by atoms with van der Waals surface area (Å²) in [4.78, 5) is 2.57. The van der Waals surface area contributed by atoms with E-state index >= 15 is 0 Å². The Balaban J connectivity index is 0.000000720. The molecule has 2 nitrogen and oxygen atoms in total. The third kappa shape index (κ3) is 2.50. The van der Waals surface area contributed by atoms with Crippen LogP contribution in [0.4, 0.5) is 0 Å². The summed E-state index contributed by atoms with van der Waals surface area (Å²) in [6.45, 7) is 3.72. The first-order valence-electron chi connectivity index (χ1n) is 4.75. The second kappa shape index (κ2) is 5.40. The van der Waals surface area contributed by atoms with Crippen LogP contribution in [0.5, 0.6) is 0 Å². The lowest BCUT2D eigenvalue weighted by molar-refractivity contribution is 0.0498. The van der Waals surface area contributed by atoms with Crippen LogP contribution in [0.25, 0.3) is 0 Å². The van der Waals surface area contributed by atoms with Crippen LogP contribution < -0.4 is 5.32 Å². The minimum atomic E-state index is 0. The van der Waals surface area contributed by atoms with E-state index in [0.717, 1.165) is 0 Å². The number of nitrogens with zero attached hydrogens (tertiary/aromatic N) is 1. The molecule has 0 radical (unpaired) electrons. The Kier molecular flexibility index (Phi) is 5.61.